The fraction of sp³-hybridized carbons (Fsp3) is 0.632. The van der Waals surface area contributed by atoms with Crippen molar-refractivity contribution in [1.29, 1.82) is 0 Å². The minimum Gasteiger partial charge on any atom is -0.493 e. The Morgan fingerprint density at radius 2 is 1.77 bits per heavy atom. The standard InChI is InChI=1S/C19H32N4O2.HI/c1-20-19(21-10-6-14-23-12-4-5-13-23)22-11-9-16-7-8-17(24-2)18(15-16)25-3;/h7-8,15H,4-6,9-14H2,1-3H3,(H2,20,21,22);1H. The SMILES string of the molecule is CN=C(NCCCN1CCCC1)NCCc1ccc(OC)c(OC)c1.I. The monoisotopic (exact) mass is 476 g/mol. The van der Waals surface area contributed by atoms with E-state index in [1.807, 2.05) is 19.2 Å². The van der Waals surface area contributed by atoms with Crippen molar-refractivity contribution in [3.8, 4) is 11.5 Å². The third-order valence-electron chi connectivity index (χ3n) is 4.52. The summed E-state index contributed by atoms with van der Waals surface area (Å²) in [5.74, 6) is 2.39. The number of ether oxygens (including phenoxy) is 2. The van der Waals surface area contributed by atoms with Gasteiger partial charge in [0.2, 0.25) is 0 Å². The number of guanidine groups is 1. The zero-order chi connectivity index (χ0) is 17.9. The van der Waals surface area contributed by atoms with E-state index in [4.69, 9.17) is 9.47 Å². The van der Waals surface area contributed by atoms with Crippen LogP contribution in [0.2, 0.25) is 0 Å². The van der Waals surface area contributed by atoms with Crippen molar-refractivity contribution in [1.82, 2.24) is 15.5 Å². The molecule has 0 aliphatic carbocycles. The van der Waals surface area contributed by atoms with E-state index in [2.05, 4.69) is 26.6 Å². The molecule has 148 valence electrons. The van der Waals surface area contributed by atoms with E-state index in [0.29, 0.717) is 0 Å². The van der Waals surface area contributed by atoms with E-state index in [0.717, 1.165) is 43.4 Å². The molecule has 1 saturated heterocycles. The van der Waals surface area contributed by atoms with Crippen LogP contribution in [0.3, 0.4) is 0 Å². The lowest BCUT2D eigenvalue weighted by Gasteiger charge is -2.16. The van der Waals surface area contributed by atoms with Gasteiger partial charge in [0.1, 0.15) is 0 Å². The molecule has 1 aliphatic heterocycles. The molecule has 1 heterocycles. The van der Waals surface area contributed by atoms with Crippen LogP contribution in [0.1, 0.15) is 24.8 Å². The number of hydrogen-bond donors (Lipinski definition) is 2. The molecule has 0 amide bonds. The molecule has 1 aliphatic rings. The van der Waals surface area contributed by atoms with Crippen molar-refractivity contribution in [2.45, 2.75) is 25.7 Å². The highest BCUT2D eigenvalue weighted by molar-refractivity contribution is 14.0. The Bertz CT molecular complexity index is 548. The zero-order valence-corrected chi connectivity index (χ0v) is 18.5. The first kappa shape index (κ1) is 22.8. The van der Waals surface area contributed by atoms with Crippen LogP contribution in [0, 0.1) is 0 Å². The molecule has 0 atom stereocenters. The third kappa shape index (κ3) is 7.57. The maximum Gasteiger partial charge on any atom is 0.190 e. The first-order chi connectivity index (χ1) is 12.3. The lowest BCUT2D eigenvalue weighted by Crippen LogP contribution is -2.39. The minimum absolute atomic E-state index is 0. The molecule has 26 heavy (non-hydrogen) atoms. The first-order valence-corrected chi connectivity index (χ1v) is 9.14. The number of aliphatic imine (C=N–C) groups is 1. The van der Waals surface area contributed by atoms with Gasteiger partial charge in [-0.1, -0.05) is 6.07 Å². The minimum atomic E-state index is 0. The molecule has 0 radical (unpaired) electrons. The molecule has 1 aromatic rings. The van der Waals surface area contributed by atoms with Gasteiger partial charge in [0.25, 0.3) is 0 Å². The number of halogens is 1. The molecule has 0 aromatic heterocycles. The molecule has 0 spiro atoms. The highest BCUT2D eigenvalue weighted by atomic mass is 127. The van der Waals surface area contributed by atoms with E-state index in [1.165, 1.54) is 38.0 Å². The van der Waals surface area contributed by atoms with Crippen molar-refractivity contribution >= 4 is 29.9 Å². The predicted molar refractivity (Wildman–Crippen MR) is 118 cm³/mol. The molecule has 6 nitrogen and oxygen atoms in total. The summed E-state index contributed by atoms with van der Waals surface area (Å²) >= 11 is 0. The van der Waals surface area contributed by atoms with Crippen LogP contribution in [0.25, 0.3) is 0 Å². The van der Waals surface area contributed by atoms with Gasteiger partial charge in [-0.3, -0.25) is 4.99 Å². The summed E-state index contributed by atoms with van der Waals surface area (Å²) in [4.78, 5) is 6.82. The Morgan fingerprint density at radius 3 is 2.42 bits per heavy atom. The highest BCUT2D eigenvalue weighted by Gasteiger charge is 2.10. The van der Waals surface area contributed by atoms with Crippen LogP contribution in [-0.4, -0.2) is 64.9 Å². The smallest absolute Gasteiger partial charge is 0.190 e. The summed E-state index contributed by atoms with van der Waals surface area (Å²) in [5, 5.41) is 6.75. The molecule has 7 heteroatoms. The molecular weight excluding hydrogens is 443 g/mol. The molecule has 0 bridgehead atoms. The molecule has 0 saturated carbocycles. The number of benzene rings is 1. The van der Waals surface area contributed by atoms with Gasteiger partial charge in [-0.2, -0.15) is 0 Å². The normalized spacial score (nSPS) is 14.7. The van der Waals surface area contributed by atoms with Gasteiger partial charge in [-0.25, -0.2) is 0 Å². The van der Waals surface area contributed by atoms with Gasteiger partial charge in [-0.15, -0.1) is 24.0 Å². The lowest BCUT2D eigenvalue weighted by atomic mass is 10.1. The lowest BCUT2D eigenvalue weighted by molar-refractivity contribution is 0.334. The van der Waals surface area contributed by atoms with Crippen LogP contribution in [0.4, 0.5) is 0 Å². The molecule has 1 fully saturated rings. The Labute approximate surface area is 174 Å². The average Bonchev–Trinajstić information content (AvgIpc) is 3.16. The van der Waals surface area contributed by atoms with E-state index in [1.54, 1.807) is 14.2 Å². The highest BCUT2D eigenvalue weighted by Crippen LogP contribution is 2.27. The van der Waals surface area contributed by atoms with Gasteiger partial charge >= 0.3 is 0 Å². The van der Waals surface area contributed by atoms with Gasteiger partial charge in [0, 0.05) is 20.1 Å². The Hall–Kier alpha value is -1.22. The van der Waals surface area contributed by atoms with E-state index >= 15 is 0 Å². The fourth-order valence-electron chi connectivity index (χ4n) is 3.10. The molecule has 2 N–H and O–H groups in total. The van der Waals surface area contributed by atoms with E-state index < -0.39 is 0 Å². The number of nitrogens with one attached hydrogen (secondary N) is 2. The topological polar surface area (TPSA) is 58.1 Å². The van der Waals surface area contributed by atoms with Crippen molar-refractivity contribution < 1.29 is 9.47 Å². The van der Waals surface area contributed by atoms with E-state index in [-0.39, 0.29) is 24.0 Å². The summed E-state index contributed by atoms with van der Waals surface area (Å²) in [6.45, 7) is 5.47. The number of methoxy groups -OCH3 is 2. The maximum atomic E-state index is 5.35. The Balaban J connectivity index is 0.00000338. The predicted octanol–water partition coefficient (Wildman–Crippen LogP) is 2.52. The summed E-state index contributed by atoms with van der Waals surface area (Å²) in [5.41, 5.74) is 1.20. The zero-order valence-electron chi connectivity index (χ0n) is 16.2. The fourth-order valence-corrected chi connectivity index (χ4v) is 3.10. The van der Waals surface area contributed by atoms with Gasteiger partial charge in [-0.05, 0) is 63.0 Å². The van der Waals surface area contributed by atoms with Crippen molar-refractivity contribution in [2.75, 3.05) is 54.0 Å². The number of rotatable bonds is 9. The average molecular weight is 476 g/mol. The molecule has 0 unspecified atom stereocenters. The largest absolute Gasteiger partial charge is 0.493 e. The Morgan fingerprint density at radius 1 is 1.08 bits per heavy atom. The van der Waals surface area contributed by atoms with Crippen molar-refractivity contribution in [3.63, 3.8) is 0 Å². The number of nitrogens with zero attached hydrogens (tertiary/aromatic N) is 2. The summed E-state index contributed by atoms with van der Waals surface area (Å²) in [6.07, 6.45) is 4.75. The molecule has 1 aromatic carbocycles. The van der Waals surface area contributed by atoms with Crippen molar-refractivity contribution in [2.24, 2.45) is 4.99 Å². The molecule has 2 rings (SSSR count). The van der Waals surface area contributed by atoms with Crippen LogP contribution in [0.5, 0.6) is 11.5 Å². The summed E-state index contributed by atoms with van der Waals surface area (Å²) < 4.78 is 10.6. The maximum absolute atomic E-state index is 5.35. The van der Waals surface area contributed by atoms with Crippen LogP contribution in [-0.2, 0) is 6.42 Å². The van der Waals surface area contributed by atoms with Crippen molar-refractivity contribution in [3.05, 3.63) is 23.8 Å². The van der Waals surface area contributed by atoms with Gasteiger partial charge in [0.05, 0.1) is 14.2 Å². The number of likely N-dealkylation sites (tertiary alicyclic amines) is 1. The van der Waals surface area contributed by atoms with Gasteiger partial charge in [0.15, 0.2) is 17.5 Å². The Kier molecular flexibility index (Phi) is 11.4. The molecular formula is C19H33IN4O2. The van der Waals surface area contributed by atoms with E-state index in [9.17, 15) is 0 Å². The quantitative estimate of drug-likeness (QED) is 0.248. The summed E-state index contributed by atoms with van der Waals surface area (Å²) in [7, 11) is 5.12. The van der Waals surface area contributed by atoms with Crippen LogP contribution >= 0.6 is 24.0 Å². The second-order valence-electron chi connectivity index (χ2n) is 6.27. The second-order valence-corrected chi connectivity index (χ2v) is 6.27. The summed E-state index contributed by atoms with van der Waals surface area (Å²) in [6, 6.07) is 6.03. The second kappa shape index (κ2) is 13.0. The van der Waals surface area contributed by atoms with Crippen LogP contribution < -0.4 is 20.1 Å². The van der Waals surface area contributed by atoms with Crippen LogP contribution in [0.15, 0.2) is 23.2 Å². The number of hydrogen-bond acceptors (Lipinski definition) is 4. The third-order valence-corrected chi connectivity index (χ3v) is 4.52. The van der Waals surface area contributed by atoms with Gasteiger partial charge < -0.3 is 25.0 Å². The first-order valence-electron chi connectivity index (χ1n) is 9.14.